The lowest BCUT2D eigenvalue weighted by molar-refractivity contribution is 0.256. The predicted molar refractivity (Wildman–Crippen MR) is 124 cm³/mol. The maximum atomic E-state index is 12.8. The third-order valence-electron chi connectivity index (χ3n) is 5.35. The minimum absolute atomic E-state index is 0.347. The van der Waals surface area contributed by atoms with E-state index in [9.17, 15) is 13.2 Å². The molecule has 172 valence electrons. The maximum Gasteiger partial charge on any atom is 0.333 e. The molecule has 1 aromatic carbocycles. The Balaban J connectivity index is 1.63. The molecule has 4 rings (SSSR count). The molecule has 0 radical (unpaired) electrons. The molecule has 2 aromatic heterocycles. The summed E-state index contributed by atoms with van der Waals surface area (Å²) >= 11 is 0. The van der Waals surface area contributed by atoms with Crippen molar-refractivity contribution in [3.8, 4) is 17.0 Å². The molecule has 0 bridgehead atoms. The van der Waals surface area contributed by atoms with Crippen LogP contribution in [0.4, 0.5) is 16.3 Å². The number of nitrogens with zero attached hydrogens (tertiary/aromatic N) is 4. The molecule has 0 fully saturated rings. The number of benzene rings is 1. The van der Waals surface area contributed by atoms with E-state index in [4.69, 9.17) is 4.74 Å². The van der Waals surface area contributed by atoms with E-state index < -0.39 is 16.1 Å². The first-order chi connectivity index (χ1) is 15.8. The van der Waals surface area contributed by atoms with Crippen molar-refractivity contribution >= 4 is 27.6 Å². The van der Waals surface area contributed by atoms with Crippen molar-refractivity contribution in [1.82, 2.24) is 19.7 Å². The molecule has 0 spiro atoms. The second kappa shape index (κ2) is 9.02. The quantitative estimate of drug-likeness (QED) is 0.565. The number of anilines is 2. The van der Waals surface area contributed by atoms with Crippen LogP contribution in [0.15, 0.2) is 47.9 Å². The smallest absolute Gasteiger partial charge is 0.333 e. The fourth-order valence-corrected chi connectivity index (χ4v) is 4.51. The van der Waals surface area contributed by atoms with E-state index in [1.54, 1.807) is 37.3 Å². The zero-order valence-corrected chi connectivity index (χ0v) is 19.3. The Hall–Kier alpha value is -3.73. The van der Waals surface area contributed by atoms with Gasteiger partial charge in [-0.05, 0) is 42.0 Å². The summed E-state index contributed by atoms with van der Waals surface area (Å²) in [6.07, 6.45) is 6.70. The van der Waals surface area contributed by atoms with Crippen molar-refractivity contribution in [2.45, 2.75) is 24.3 Å². The molecule has 10 nitrogen and oxygen atoms in total. The Morgan fingerprint density at radius 1 is 1.09 bits per heavy atom. The third kappa shape index (κ3) is 4.72. The van der Waals surface area contributed by atoms with Crippen LogP contribution in [0.3, 0.4) is 0 Å². The van der Waals surface area contributed by atoms with Gasteiger partial charge in [-0.25, -0.2) is 24.5 Å². The molecule has 0 aliphatic heterocycles. The van der Waals surface area contributed by atoms with E-state index in [2.05, 4.69) is 20.3 Å². The molecule has 2 amide bonds. The highest BCUT2D eigenvalue weighted by Gasteiger charge is 2.24. The molecule has 33 heavy (non-hydrogen) atoms. The third-order valence-corrected chi connectivity index (χ3v) is 6.57. The Morgan fingerprint density at radius 2 is 1.91 bits per heavy atom. The Bertz CT molecular complexity index is 1290. The number of fused-ring (bicyclic) bond motifs is 1. The summed E-state index contributed by atoms with van der Waals surface area (Å²) in [5.74, 6) is 0.932. The Labute approximate surface area is 192 Å². The van der Waals surface area contributed by atoms with Crippen LogP contribution in [0.1, 0.15) is 17.5 Å². The van der Waals surface area contributed by atoms with Gasteiger partial charge in [0.1, 0.15) is 5.82 Å². The van der Waals surface area contributed by atoms with Gasteiger partial charge in [-0.2, -0.15) is 8.42 Å². The summed E-state index contributed by atoms with van der Waals surface area (Å²) in [5, 5.41) is 2.41. The second-order valence-electron chi connectivity index (χ2n) is 7.73. The van der Waals surface area contributed by atoms with E-state index in [1.807, 2.05) is 16.9 Å². The van der Waals surface area contributed by atoms with Gasteiger partial charge in [-0.1, -0.05) is 12.1 Å². The number of pyridine rings is 1. The fourth-order valence-electron chi connectivity index (χ4n) is 3.73. The molecule has 2 N–H and O–H groups in total. The van der Waals surface area contributed by atoms with Crippen molar-refractivity contribution in [3.63, 3.8) is 0 Å². The first-order valence-corrected chi connectivity index (χ1v) is 11.7. The van der Waals surface area contributed by atoms with Crippen LogP contribution in [0.25, 0.3) is 11.1 Å². The minimum Gasteiger partial charge on any atom is -0.481 e. The van der Waals surface area contributed by atoms with Gasteiger partial charge in [-0.15, -0.1) is 0 Å². The fraction of sp³-hybridized carbons (Fsp3) is 0.273. The summed E-state index contributed by atoms with van der Waals surface area (Å²) < 4.78 is 32.6. The number of nitrogens with one attached hydrogen (secondary N) is 2. The van der Waals surface area contributed by atoms with Crippen molar-refractivity contribution in [1.29, 1.82) is 0 Å². The zero-order valence-electron chi connectivity index (χ0n) is 18.5. The van der Waals surface area contributed by atoms with E-state index in [0.717, 1.165) is 47.7 Å². The normalized spacial score (nSPS) is 12.7. The van der Waals surface area contributed by atoms with E-state index in [1.165, 1.54) is 13.3 Å². The highest BCUT2D eigenvalue weighted by molar-refractivity contribution is 7.90. The standard InChI is InChI=1S/C22H24N6O4S/c1-28(2)18-12-25-20(13-24-18)33(30,31)27-22(29)26-21-16-6-4-5-14(16)7-8-17(21)15-9-10-23-19(11-15)32-3/h7-13H,4-6H2,1-3H3,(H2,26,27,29). The SMILES string of the molecule is COc1cc(-c2ccc3c(c2NC(=O)NS(=O)(=O)c2cnc(N(C)C)cn2)CCC3)ccn1. The number of carbonyl (C=O) groups excluding carboxylic acids is 1. The van der Waals surface area contributed by atoms with Crippen LogP contribution >= 0.6 is 0 Å². The van der Waals surface area contributed by atoms with Crippen LogP contribution < -0.4 is 19.7 Å². The van der Waals surface area contributed by atoms with Crippen molar-refractivity contribution in [3.05, 3.63) is 54.0 Å². The number of carbonyl (C=O) groups is 1. The lowest BCUT2D eigenvalue weighted by atomic mass is 9.98. The van der Waals surface area contributed by atoms with Crippen LogP contribution in [-0.4, -0.2) is 50.6 Å². The van der Waals surface area contributed by atoms with Crippen molar-refractivity contribution < 1.29 is 17.9 Å². The highest BCUT2D eigenvalue weighted by atomic mass is 32.2. The molecule has 1 aliphatic carbocycles. The van der Waals surface area contributed by atoms with Crippen LogP contribution in [0.5, 0.6) is 5.88 Å². The largest absolute Gasteiger partial charge is 0.481 e. The lowest BCUT2D eigenvalue weighted by Gasteiger charge is -2.17. The lowest BCUT2D eigenvalue weighted by Crippen LogP contribution is -2.35. The van der Waals surface area contributed by atoms with E-state index >= 15 is 0 Å². The van der Waals surface area contributed by atoms with Crippen LogP contribution in [0, 0.1) is 0 Å². The van der Waals surface area contributed by atoms with Crippen LogP contribution in [0.2, 0.25) is 0 Å². The van der Waals surface area contributed by atoms with Gasteiger partial charge < -0.3 is 15.0 Å². The van der Waals surface area contributed by atoms with Crippen molar-refractivity contribution in [2.24, 2.45) is 0 Å². The Morgan fingerprint density at radius 3 is 2.61 bits per heavy atom. The second-order valence-corrected chi connectivity index (χ2v) is 9.36. The van der Waals surface area contributed by atoms with E-state index in [0.29, 0.717) is 17.4 Å². The number of urea groups is 1. The van der Waals surface area contributed by atoms with Crippen LogP contribution in [-0.2, 0) is 22.9 Å². The summed E-state index contributed by atoms with van der Waals surface area (Å²) in [4.78, 5) is 26.6. The summed E-state index contributed by atoms with van der Waals surface area (Å²) in [5.41, 5.74) is 4.23. The van der Waals surface area contributed by atoms with E-state index in [-0.39, 0.29) is 5.03 Å². The van der Waals surface area contributed by atoms with Crippen molar-refractivity contribution in [2.75, 3.05) is 31.4 Å². The summed E-state index contributed by atoms with van der Waals surface area (Å²) in [7, 11) is 0.844. The number of aromatic nitrogens is 3. The molecule has 0 unspecified atom stereocenters. The minimum atomic E-state index is -4.21. The maximum absolute atomic E-state index is 12.8. The summed E-state index contributed by atoms with van der Waals surface area (Å²) in [6, 6.07) is 6.64. The number of hydrogen-bond donors (Lipinski definition) is 2. The highest BCUT2D eigenvalue weighted by Crippen LogP contribution is 2.38. The molecular formula is C22H24N6O4S. The number of ether oxygens (including phenoxy) is 1. The molecule has 1 aliphatic rings. The Kier molecular flexibility index (Phi) is 6.14. The zero-order chi connectivity index (χ0) is 23.6. The number of hydrogen-bond acceptors (Lipinski definition) is 8. The van der Waals surface area contributed by atoms with Gasteiger partial charge in [0.05, 0.1) is 25.2 Å². The van der Waals surface area contributed by atoms with Gasteiger partial charge in [0.15, 0.2) is 5.03 Å². The number of methoxy groups -OCH3 is 1. The topological polar surface area (TPSA) is 126 Å². The molecule has 3 aromatic rings. The number of aryl methyl sites for hydroxylation is 1. The first kappa shape index (κ1) is 22.5. The van der Waals surface area contributed by atoms with Gasteiger partial charge in [0.25, 0.3) is 10.0 Å². The predicted octanol–water partition coefficient (Wildman–Crippen LogP) is 2.61. The number of amides is 2. The summed E-state index contributed by atoms with van der Waals surface area (Å²) in [6.45, 7) is 0. The van der Waals surface area contributed by atoms with Gasteiger partial charge in [0, 0.05) is 31.9 Å². The van der Waals surface area contributed by atoms with Gasteiger partial charge >= 0.3 is 6.03 Å². The van der Waals surface area contributed by atoms with Gasteiger partial charge in [-0.3, -0.25) is 0 Å². The molecule has 11 heteroatoms. The molecular weight excluding hydrogens is 444 g/mol. The van der Waals surface area contributed by atoms with Gasteiger partial charge in [0.2, 0.25) is 5.88 Å². The average molecular weight is 469 g/mol. The number of rotatable bonds is 6. The average Bonchev–Trinajstić information content (AvgIpc) is 3.28. The molecule has 0 atom stereocenters. The molecule has 0 saturated heterocycles. The molecule has 2 heterocycles. The number of sulfonamides is 1. The first-order valence-electron chi connectivity index (χ1n) is 10.3. The monoisotopic (exact) mass is 468 g/mol. The molecule has 0 saturated carbocycles.